The number of rotatable bonds is 2. The van der Waals surface area contributed by atoms with Crippen LogP contribution in [-0.4, -0.2) is 43.3 Å². The van der Waals surface area contributed by atoms with Gasteiger partial charge in [-0.1, -0.05) is 30.3 Å². The van der Waals surface area contributed by atoms with E-state index < -0.39 is 0 Å². The van der Waals surface area contributed by atoms with Crippen molar-refractivity contribution in [3.05, 3.63) is 35.9 Å². The van der Waals surface area contributed by atoms with Crippen molar-refractivity contribution in [1.29, 1.82) is 0 Å². The molecule has 4 atom stereocenters. The first-order chi connectivity index (χ1) is 10.2. The van der Waals surface area contributed by atoms with Gasteiger partial charge in [0.2, 0.25) is 0 Å². The monoisotopic (exact) mass is 289 g/mol. The van der Waals surface area contributed by atoms with Gasteiger partial charge in [-0.25, -0.2) is 4.79 Å². The third kappa shape index (κ3) is 2.07. The number of hydrogen-bond acceptors (Lipinski definition) is 4. The Bertz CT molecular complexity index is 544. The van der Waals surface area contributed by atoms with Gasteiger partial charge in [0.25, 0.3) is 0 Å². The van der Waals surface area contributed by atoms with Crippen molar-refractivity contribution >= 4 is 12.1 Å². The standard InChI is InChI=1S/C16H19NO4/c1-20-15(18)14-12-9-8-11(17(12)16(19)21-2)13(14)10-6-4-3-5-7-10/h3-7,11-14H,8-9H2,1-2H3/t11-,12+,13-,14+/m0/s1. The minimum Gasteiger partial charge on any atom is -0.469 e. The molecule has 0 saturated carbocycles. The smallest absolute Gasteiger partial charge is 0.410 e. The van der Waals surface area contributed by atoms with E-state index in [1.165, 1.54) is 14.2 Å². The molecule has 0 spiro atoms. The summed E-state index contributed by atoms with van der Waals surface area (Å²) < 4.78 is 9.88. The zero-order chi connectivity index (χ0) is 15.0. The zero-order valence-corrected chi connectivity index (χ0v) is 12.2. The van der Waals surface area contributed by atoms with E-state index in [4.69, 9.17) is 9.47 Å². The molecule has 0 unspecified atom stereocenters. The van der Waals surface area contributed by atoms with Crippen LogP contribution in [0.1, 0.15) is 24.3 Å². The second kappa shape index (κ2) is 5.39. The maximum Gasteiger partial charge on any atom is 0.410 e. The van der Waals surface area contributed by atoms with Gasteiger partial charge in [0.1, 0.15) is 0 Å². The summed E-state index contributed by atoms with van der Waals surface area (Å²) in [5.74, 6) is -0.572. The highest BCUT2D eigenvalue weighted by Gasteiger charge is 2.58. The van der Waals surface area contributed by atoms with Crippen molar-refractivity contribution in [1.82, 2.24) is 4.90 Å². The predicted octanol–water partition coefficient (Wildman–Crippen LogP) is 2.17. The molecule has 1 amide bonds. The summed E-state index contributed by atoms with van der Waals surface area (Å²) in [6.07, 6.45) is 1.37. The van der Waals surface area contributed by atoms with Gasteiger partial charge in [-0.15, -0.1) is 0 Å². The molecule has 2 saturated heterocycles. The fourth-order valence-electron chi connectivity index (χ4n) is 3.97. The van der Waals surface area contributed by atoms with Gasteiger partial charge in [-0.3, -0.25) is 4.79 Å². The number of fused-ring (bicyclic) bond motifs is 2. The molecule has 112 valence electrons. The number of carbonyl (C=O) groups is 2. The Morgan fingerprint density at radius 1 is 1.05 bits per heavy atom. The Balaban J connectivity index is 2.00. The fraction of sp³-hybridized carbons (Fsp3) is 0.500. The lowest BCUT2D eigenvalue weighted by Gasteiger charge is -2.27. The largest absolute Gasteiger partial charge is 0.469 e. The summed E-state index contributed by atoms with van der Waals surface area (Å²) in [5, 5.41) is 0. The van der Waals surface area contributed by atoms with Crippen molar-refractivity contribution in [3.63, 3.8) is 0 Å². The molecule has 0 aromatic heterocycles. The molecule has 2 bridgehead atoms. The zero-order valence-electron chi connectivity index (χ0n) is 12.2. The number of nitrogens with zero attached hydrogens (tertiary/aromatic N) is 1. The van der Waals surface area contributed by atoms with Crippen LogP contribution in [0.4, 0.5) is 4.79 Å². The van der Waals surface area contributed by atoms with E-state index >= 15 is 0 Å². The van der Waals surface area contributed by atoms with Crippen molar-refractivity contribution in [2.24, 2.45) is 5.92 Å². The first-order valence-corrected chi connectivity index (χ1v) is 7.18. The van der Waals surface area contributed by atoms with E-state index in [-0.39, 0.29) is 36.0 Å². The van der Waals surface area contributed by atoms with E-state index in [9.17, 15) is 9.59 Å². The van der Waals surface area contributed by atoms with Crippen molar-refractivity contribution < 1.29 is 19.1 Å². The van der Waals surface area contributed by atoms with Crippen LogP contribution in [0.15, 0.2) is 30.3 Å². The van der Waals surface area contributed by atoms with Gasteiger partial charge in [-0.05, 0) is 18.4 Å². The first-order valence-electron chi connectivity index (χ1n) is 7.18. The van der Waals surface area contributed by atoms with Crippen molar-refractivity contribution in [3.8, 4) is 0 Å². The summed E-state index contributed by atoms with van der Waals surface area (Å²) in [6, 6.07) is 9.76. The number of ether oxygens (including phenoxy) is 2. The second-order valence-electron chi connectivity index (χ2n) is 5.57. The molecule has 0 aliphatic carbocycles. The first kappa shape index (κ1) is 13.9. The van der Waals surface area contributed by atoms with Gasteiger partial charge in [0.15, 0.2) is 0 Å². The quantitative estimate of drug-likeness (QED) is 0.783. The number of methoxy groups -OCH3 is 2. The molecule has 2 heterocycles. The van der Waals surface area contributed by atoms with Crippen molar-refractivity contribution in [2.45, 2.75) is 30.8 Å². The lowest BCUT2D eigenvalue weighted by atomic mass is 9.75. The van der Waals surface area contributed by atoms with Gasteiger partial charge in [0.05, 0.1) is 20.1 Å². The minimum absolute atomic E-state index is 0.00829. The molecule has 0 radical (unpaired) electrons. The highest BCUT2D eigenvalue weighted by atomic mass is 16.5. The number of amides is 1. The molecule has 3 rings (SSSR count). The number of benzene rings is 1. The molecular formula is C16H19NO4. The molecule has 21 heavy (non-hydrogen) atoms. The fourth-order valence-corrected chi connectivity index (χ4v) is 3.97. The maximum absolute atomic E-state index is 12.2. The van der Waals surface area contributed by atoms with Gasteiger partial charge in [-0.2, -0.15) is 0 Å². The second-order valence-corrected chi connectivity index (χ2v) is 5.57. The lowest BCUT2D eigenvalue weighted by Crippen LogP contribution is -2.37. The van der Waals surface area contributed by atoms with E-state index in [2.05, 4.69) is 0 Å². The molecule has 2 aliphatic rings. The van der Waals surface area contributed by atoms with Crippen LogP contribution in [0.3, 0.4) is 0 Å². The van der Waals surface area contributed by atoms with Crippen LogP contribution in [0.25, 0.3) is 0 Å². The van der Waals surface area contributed by atoms with Crippen LogP contribution >= 0.6 is 0 Å². The molecule has 5 nitrogen and oxygen atoms in total. The highest BCUT2D eigenvalue weighted by Crippen LogP contribution is 2.51. The summed E-state index contributed by atoms with van der Waals surface area (Å²) in [6.45, 7) is 0. The normalized spacial score (nSPS) is 30.3. The lowest BCUT2D eigenvalue weighted by molar-refractivity contribution is -0.146. The summed E-state index contributed by atoms with van der Waals surface area (Å²) in [7, 11) is 2.78. The Morgan fingerprint density at radius 2 is 1.71 bits per heavy atom. The summed E-state index contributed by atoms with van der Waals surface area (Å²) in [4.78, 5) is 26.0. The van der Waals surface area contributed by atoms with Crippen LogP contribution in [0.2, 0.25) is 0 Å². The van der Waals surface area contributed by atoms with Crippen LogP contribution < -0.4 is 0 Å². The van der Waals surface area contributed by atoms with Gasteiger partial charge < -0.3 is 14.4 Å². The van der Waals surface area contributed by atoms with Gasteiger partial charge in [0, 0.05) is 18.0 Å². The maximum atomic E-state index is 12.2. The van der Waals surface area contributed by atoms with E-state index in [1.54, 1.807) is 4.90 Å². The third-order valence-electron chi connectivity index (χ3n) is 4.73. The third-order valence-corrected chi connectivity index (χ3v) is 4.73. The molecule has 2 fully saturated rings. The number of esters is 1. The molecule has 2 aliphatic heterocycles. The topological polar surface area (TPSA) is 55.8 Å². The predicted molar refractivity (Wildman–Crippen MR) is 75.7 cm³/mol. The van der Waals surface area contributed by atoms with Crippen LogP contribution in [-0.2, 0) is 14.3 Å². The molecule has 0 N–H and O–H groups in total. The number of carbonyl (C=O) groups excluding carboxylic acids is 2. The Kier molecular flexibility index (Phi) is 3.57. The minimum atomic E-state index is -0.352. The SMILES string of the molecule is COC(=O)[C@H]1[C@@H](c2ccccc2)[C@@H]2CC[C@H]1N2C(=O)OC. The Labute approximate surface area is 123 Å². The van der Waals surface area contributed by atoms with E-state index in [1.807, 2.05) is 30.3 Å². The Morgan fingerprint density at radius 3 is 2.33 bits per heavy atom. The average molecular weight is 289 g/mol. The Hall–Kier alpha value is -2.04. The number of hydrogen-bond donors (Lipinski definition) is 0. The van der Waals surface area contributed by atoms with Crippen LogP contribution in [0.5, 0.6) is 0 Å². The van der Waals surface area contributed by atoms with Crippen molar-refractivity contribution in [2.75, 3.05) is 14.2 Å². The van der Waals surface area contributed by atoms with Crippen LogP contribution in [0, 0.1) is 5.92 Å². The summed E-state index contributed by atoms with van der Waals surface area (Å²) >= 11 is 0. The molecular weight excluding hydrogens is 270 g/mol. The summed E-state index contributed by atoms with van der Waals surface area (Å²) in [5.41, 5.74) is 1.08. The molecule has 1 aromatic rings. The molecule has 5 heteroatoms. The highest BCUT2D eigenvalue weighted by molar-refractivity contribution is 5.79. The van der Waals surface area contributed by atoms with E-state index in [0.717, 1.165) is 18.4 Å². The molecule has 1 aromatic carbocycles. The van der Waals surface area contributed by atoms with E-state index in [0.29, 0.717) is 0 Å². The van der Waals surface area contributed by atoms with Gasteiger partial charge >= 0.3 is 12.1 Å². The average Bonchev–Trinajstić information content (AvgIpc) is 3.10.